The Labute approximate surface area is 217 Å². The van der Waals surface area contributed by atoms with Crippen molar-refractivity contribution in [3.8, 4) is 0 Å². The molecule has 3 aromatic carbocycles. The van der Waals surface area contributed by atoms with Gasteiger partial charge in [0.1, 0.15) is 5.56 Å². The molecule has 0 aliphatic rings. The van der Waals surface area contributed by atoms with Gasteiger partial charge in [-0.3, -0.25) is 24.9 Å². The smallest absolute Gasteiger partial charge is 0.284 e. The normalized spacial score (nSPS) is 10.7. The molecule has 2 heterocycles. The lowest BCUT2D eigenvalue weighted by Crippen LogP contribution is -2.14. The van der Waals surface area contributed by atoms with E-state index in [0.717, 1.165) is 22.3 Å². The number of nitrogens with one attached hydrogen (secondary N) is 3. The second kappa shape index (κ2) is 10.2. The Kier molecular flexibility index (Phi) is 6.51. The molecule has 5 rings (SSSR count). The molecular weight excluding hydrogens is 482 g/mol. The van der Waals surface area contributed by atoms with E-state index in [1.807, 2.05) is 31.2 Å². The van der Waals surface area contributed by atoms with Crippen LogP contribution >= 0.6 is 0 Å². The molecule has 2 aromatic heterocycles. The van der Waals surface area contributed by atoms with Gasteiger partial charge in [-0.1, -0.05) is 6.07 Å². The van der Waals surface area contributed by atoms with E-state index in [1.54, 1.807) is 55.0 Å². The maximum Gasteiger partial charge on any atom is 0.284 e. The number of nitro benzene ring substituents is 1. The van der Waals surface area contributed by atoms with Gasteiger partial charge < -0.3 is 21.7 Å². The van der Waals surface area contributed by atoms with Crippen LogP contribution in [0.5, 0.6) is 0 Å². The van der Waals surface area contributed by atoms with E-state index in [1.165, 1.54) is 12.1 Å². The Hall–Kier alpha value is -5.51. The molecule has 38 heavy (non-hydrogen) atoms. The lowest BCUT2D eigenvalue weighted by Gasteiger charge is -2.15. The number of nitrogens with zero attached hydrogens (tertiary/aromatic N) is 3. The summed E-state index contributed by atoms with van der Waals surface area (Å²) in [6.07, 6.45) is 5.07. The number of nitro groups is 1. The van der Waals surface area contributed by atoms with Crippen LogP contribution in [0, 0.1) is 17.0 Å². The Morgan fingerprint density at radius 1 is 0.895 bits per heavy atom. The summed E-state index contributed by atoms with van der Waals surface area (Å²) in [6.45, 7) is 1.87. The third-order valence-corrected chi connectivity index (χ3v) is 5.94. The van der Waals surface area contributed by atoms with Crippen molar-refractivity contribution in [2.75, 3.05) is 21.7 Å². The number of nitrogen functional groups attached to an aromatic ring is 1. The second-order valence-corrected chi connectivity index (χ2v) is 8.56. The number of aryl methyl sites for hydroxylation is 1. The molecule has 10 nitrogen and oxygen atoms in total. The topological polar surface area (TPSA) is 148 Å². The molecule has 0 spiro atoms. The fourth-order valence-corrected chi connectivity index (χ4v) is 4.06. The Balaban J connectivity index is 1.37. The molecule has 0 saturated heterocycles. The number of hydrogen-bond acceptors (Lipinski definition) is 8. The van der Waals surface area contributed by atoms with Crippen LogP contribution in [-0.4, -0.2) is 20.8 Å². The number of amides is 1. The number of rotatable bonds is 7. The first kappa shape index (κ1) is 24.2. The first-order valence-corrected chi connectivity index (χ1v) is 11.7. The number of nitrogens with two attached hydrogens (primary N) is 1. The highest BCUT2D eigenvalue weighted by molar-refractivity contribution is 6.08. The highest BCUT2D eigenvalue weighted by Crippen LogP contribution is 2.34. The average Bonchev–Trinajstić information content (AvgIpc) is 2.92. The van der Waals surface area contributed by atoms with Gasteiger partial charge in [-0.2, -0.15) is 0 Å². The maximum atomic E-state index is 13.0. The van der Waals surface area contributed by atoms with E-state index in [9.17, 15) is 14.9 Å². The lowest BCUT2D eigenvalue weighted by molar-refractivity contribution is -0.385. The number of benzene rings is 3. The van der Waals surface area contributed by atoms with E-state index >= 15 is 0 Å². The van der Waals surface area contributed by atoms with Crippen molar-refractivity contribution in [1.29, 1.82) is 0 Å². The highest BCUT2D eigenvalue weighted by Gasteiger charge is 2.22. The first-order chi connectivity index (χ1) is 18.4. The summed E-state index contributed by atoms with van der Waals surface area (Å²) in [5.74, 6) is -0.590. The fourth-order valence-electron chi connectivity index (χ4n) is 4.06. The zero-order valence-corrected chi connectivity index (χ0v) is 20.3. The molecular formula is C28H23N7O3. The van der Waals surface area contributed by atoms with Crippen molar-refractivity contribution in [1.82, 2.24) is 9.97 Å². The predicted octanol–water partition coefficient (Wildman–Crippen LogP) is 6.17. The summed E-state index contributed by atoms with van der Waals surface area (Å²) < 4.78 is 0. The van der Waals surface area contributed by atoms with Crippen molar-refractivity contribution in [2.24, 2.45) is 0 Å². The number of aromatic nitrogens is 2. The van der Waals surface area contributed by atoms with Gasteiger partial charge >= 0.3 is 0 Å². The zero-order valence-electron chi connectivity index (χ0n) is 20.3. The van der Waals surface area contributed by atoms with Crippen LogP contribution in [0.4, 0.5) is 39.8 Å². The van der Waals surface area contributed by atoms with Crippen LogP contribution in [0.2, 0.25) is 0 Å². The van der Waals surface area contributed by atoms with Gasteiger partial charge in [0.25, 0.3) is 11.6 Å². The molecule has 0 aliphatic heterocycles. The van der Waals surface area contributed by atoms with Gasteiger partial charge in [-0.15, -0.1) is 0 Å². The third kappa shape index (κ3) is 5.05. The van der Waals surface area contributed by atoms with Crippen LogP contribution < -0.4 is 21.7 Å². The average molecular weight is 506 g/mol. The number of carbonyl (C=O) groups excluding carboxylic acids is 1. The molecule has 5 N–H and O–H groups in total. The van der Waals surface area contributed by atoms with Crippen molar-refractivity contribution >= 4 is 56.6 Å². The van der Waals surface area contributed by atoms with E-state index in [0.29, 0.717) is 28.3 Å². The third-order valence-electron chi connectivity index (χ3n) is 5.94. The van der Waals surface area contributed by atoms with Crippen LogP contribution in [0.25, 0.3) is 10.9 Å². The highest BCUT2D eigenvalue weighted by atomic mass is 16.6. The predicted molar refractivity (Wildman–Crippen MR) is 149 cm³/mol. The van der Waals surface area contributed by atoms with E-state index in [-0.39, 0.29) is 11.3 Å². The van der Waals surface area contributed by atoms with E-state index in [2.05, 4.69) is 25.9 Å². The van der Waals surface area contributed by atoms with Gasteiger partial charge in [-0.05, 0) is 73.2 Å². The van der Waals surface area contributed by atoms with Gasteiger partial charge in [0.05, 0.1) is 16.1 Å². The van der Waals surface area contributed by atoms with Crippen LogP contribution in [-0.2, 0) is 0 Å². The SMILES string of the molecule is Cc1cnc2cccc(N)c2c1Nc1ccc(C(=O)Nc2ccc(Nc3ccncc3)cc2)c([N+](=O)[O-])c1. The number of hydrogen-bond donors (Lipinski definition) is 4. The Bertz CT molecular complexity index is 1660. The first-order valence-electron chi connectivity index (χ1n) is 11.7. The Morgan fingerprint density at radius 2 is 1.58 bits per heavy atom. The monoisotopic (exact) mass is 505 g/mol. The standard InChI is InChI=1S/C28H23N7O3/c1-17-16-31-24-4-2-3-23(29)26(24)27(17)33-21-9-10-22(25(15-21)35(37)38)28(36)34-19-7-5-18(6-8-19)32-20-11-13-30-14-12-20/h2-16H,29H2,1H3,(H,30,32)(H,31,33)(H,34,36). The van der Waals surface area contributed by atoms with Crippen molar-refractivity contribution in [2.45, 2.75) is 6.92 Å². The summed E-state index contributed by atoms with van der Waals surface area (Å²) in [4.78, 5) is 32.7. The zero-order chi connectivity index (χ0) is 26.6. The molecule has 188 valence electrons. The molecule has 0 atom stereocenters. The largest absolute Gasteiger partial charge is 0.398 e. The van der Waals surface area contributed by atoms with Crippen LogP contribution in [0.1, 0.15) is 15.9 Å². The molecule has 1 amide bonds. The molecule has 10 heteroatoms. The number of carbonyl (C=O) groups is 1. The van der Waals surface area contributed by atoms with Gasteiger partial charge in [0.2, 0.25) is 0 Å². The Morgan fingerprint density at radius 3 is 2.32 bits per heavy atom. The van der Waals surface area contributed by atoms with Crippen molar-refractivity contribution < 1.29 is 9.72 Å². The number of pyridine rings is 2. The van der Waals surface area contributed by atoms with Crippen LogP contribution in [0.15, 0.2) is 91.4 Å². The fraction of sp³-hybridized carbons (Fsp3) is 0.0357. The minimum atomic E-state index is -0.590. The molecule has 0 aliphatic carbocycles. The molecule has 0 radical (unpaired) electrons. The van der Waals surface area contributed by atoms with E-state index < -0.39 is 10.8 Å². The summed E-state index contributed by atoms with van der Waals surface area (Å²) in [5, 5.41) is 21.8. The van der Waals surface area contributed by atoms with Gasteiger partial charge in [0, 0.05) is 58.5 Å². The molecule has 0 bridgehead atoms. The lowest BCUT2D eigenvalue weighted by atomic mass is 10.1. The molecule has 5 aromatic rings. The minimum Gasteiger partial charge on any atom is -0.398 e. The minimum absolute atomic E-state index is 0.0599. The van der Waals surface area contributed by atoms with Crippen molar-refractivity contribution in [3.05, 3.63) is 113 Å². The maximum absolute atomic E-state index is 13.0. The summed E-state index contributed by atoms with van der Waals surface area (Å²) in [6, 6.07) is 20.5. The molecule has 0 unspecified atom stereocenters. The summed E-state index contributed by atoms with van der Waals surface area (Å²) >= 11 is 0. The quantitative estimate of drug-likeness (QED) is 0.117. The second-order valence-electron chi connectivity index (χ2n) is 8.56. The molecule has 0 fully saturated rings. The summed E-state index contributed by atoms with van der Waals surface area (Å²) in [7, 11) is 0. The molecule has 0 saturated carbocycles. The van der Waals surface area contributed by atoms with Crippen molar-refractivity contribution in [3.63, 3.8) is 0 Å². The van der Waals surface area contributed by atoms with Gasteiger partial charge in [0.15, 0.2) is 0 Å². The summed E-state index contributed by atoms with van der Waals surface area (Å²) in [5.41, 5.74) is 11.2. The van der Waals surface area contributed by atoms with E-state index in [4.69, 9.17) is 5.73 Å². The number of fused-ring (bicyclic) bond motifs is 1. The number of anilines is 6. The van der Waals surface area contributed by atoms with Gasteiger partial charge in [-0.25, -0.2) is 0 Å². The van der Waals surface area contributed by atoms with Crippen LogP contribution in [0.3, 0.4) is 0 Å².